The molecule has 2 unspecified atom stereocenters. The first-order chi connectivity index (χ1) is 8.18. The first kappa shape index (κ1) is 15.8. The molecule has 0 bridgehead atoms. The molecule has 4 nitrogen and oxygen atoms in total. The highest BCUT2D eigenvalue weighted by Gasteiger charge is 2.27. The second kappa shape index (κ2) is 5.77. The molecule has 0 fully saturated rings. The standard InChI is InChI=1S/C11H15BrClNO3S/c1-6(18(3,15)16)10(14)8-4-7(13)5-9(12)11(8)17-2/h4-6,10H,14H2,1-3H3. The number of sulfone groups is 1. The van der Waals surface area contributed by atoms with Crippen LogP contribution in [0.1, 0.15) is 18.5 Å². The molecule has 2 N–H and O–H groups in total. The summed E-state index contributed by atoms with van der Waals surface area (Å²) in [5, 5.41) is -0.259. The number of methoxy groups -OCH3 is 1. The number of benzene rings is 1. The smallest absolute Gasteiger partial charge is 0.151 e. The third-order valence-corrected chi connectivity index (χ3v) is 5.23. The van der Waals surface area contributed by atoms with Gasteiger partial charge in [-0.05, 0) is 35.0 Å². The lowest BCUT2D eigenvalue weighted by atomic mass is 10.0. The molecule has 0 spiro atoms. The summed E-state index contributed by atoms with van der Waals surface area (Å²) < 4.78 is 29.0. The SMILES string of the molecule is COc1c(Br)cc(Cl)cc1C(N)C(C)S(C)(=O)=O. The highest BCUT2D eigenvalue weighted by Crippen LogP contribution is 2.37. The zero-order valence-electron chi connectivity index (χ0n) is 10.3. The summed E-state index contributed by atoms with van der Waals surface area (Å²) in [6, 6.07) is 2.59. The van der Waals surface area contributed by atoms with Crippen molar-refractivity contribution >= 4 is 37.4 Å². The summed E-state index contributed by atoms with van der Waals surface area (Å²) in [6.45, 7) is 1.56. The van der Waals surface area contributed by atoms with Crippen LogP contribution in [0.25, 0.3) is 0 Å². The minimum absolute atomic E-state index is 0.467. The molecule has 18 heavy (non-hydrogen) atoms. The summed E-state index contributed by atoms with van der Waals surface area (Å²) in [7, 11) is -1.74. The number of hydrogen-bond acceptors (Lipinski definition) is 4. The van der Waals surface area contributed by atoms with Gasteiger partial charge in [0.05, 0.1) is 16.8 Å². The Morgan fingerprint density at radius 3 is 2.44 bits per heavy atom. The number of hydrogen-bond donors (Lipinski definition) is 1. The monoisotopic (exact) mass is 355 g/mol. The fourth-order valence-corrected chi connectivity index (χ4v) is 3.24. The van der Waals surface area contributed by atoms with Gasteiger partial charge in [0.2, 0.25) is 0 Å². The first-order valence-corrected chi connectivity index (χ1v) is 8.28. The number of halogens is 2. The second-order valence-corrected chi connectivity index (χ2v) is 7.76. The van der Waals surface area contributed by atoms with Gasteiger partial charge in [0.1, 0.15) is 5.75 Å². The van der Waals surface area contributed by atoms with Gasteiger partial charge in [-0.25, -0.2) is 8.42 Å². The molecule has 7 heteroatoms. The molecule has 0 amide bonds. The molecular formula is C11H15BrClNO3S. The lowest BCUT2D eigenvalue weighted by molar-refractivity contribution is 0.402. The Balaban J connectivity index is 3.32. The van der Waals surface area contributed by atoms with E-state index in [9.17, 15) is 8.42 Å². The van der Waals surface area contributed by atoms with Crippen LogP contribution in [0.3, 0.4) is 0 Å². The fourth-order valence-electron chi connectivity index (χ4n) is 1.56. The minimum Gasteiger partial charge on any atom is -0.495 e. The Labute approximate surface area is 121 Å². The summed E-state index contributed by atoms with van der Waals surface area (Å²) in [6.07, 6.45) is 1.16. The van der Waals surface area contributed by atoms with Crippen molar-refractivity contribution < 1.29 is 13.2 Å². The van der Waals surface area contributed by atoms with Crippen LogP contribution in [0.4, 0.5) is 0 Å². The quantitative estimate of drug-likeness (QED) is 0.900. The van der Waals surface area contributed by atoms with Crippen LogP contribution >= 0.6 is 27.5 Å². The van der Waals surface area contributed by atoms with E-state index >= 15 is 0 Å². The fraction of sp³-hybridized carbons (Fsp3) is 0.455. The Bertz CT molecular complexity index is 547. The van der Waals surface area contributed by atoms with Crippen molar-refractivity contribution in [2.75, 3.05) is 13.4 Å². The van der Waals surface area contributed by atoms with Gasteiger partial charge in [-0.2, -0.15) is 0 Å². The zero-order chi connectivity index (χ0) is 14.1. The van der Waals surface area contributed by atoms with E-state index in [1.807, 2.05) is 0 Å². The van der Waals surface area contributed by atoms with Gasteiger partial charge >= 0.3 is 0 Å². The molecule has 0 radical (unpaired) electrons. The molecule has 0 aliphatic carbocycles. The molecule has 1 aromatic rings. The van der Waals surface area contributed by atoms with Gasteiger partial charge in [-0.3, -0.25) is 0 Å². The lowest BCUT2D eigenvalue weighted by Crippen LogP contribution is -2.30. The summed E-state index contributed by atoms with van der Waals surface area (Å²) in [4.78, 5) is 0. The largest absolute Gasteiger partial charge is 0.495 e. The van der Waals surface area contributed by atoms with Crippen LogP contribution in [0.5, 0.6) is 5.75 Å². The molecule has 0 saturated heterocycles. The van der Waals surface area contributed by atoms with E-state index in [0.29, 0.717) is 20.8 Å². The maximum atomic E-state index is 11.5. The second-order valence-electron chi connectivity index (χ2n) is 4.07. The van der Waals surface area contributed by atoms with Crippen LogP contribution in [0, 0.1) is 0 Å². The van der Waals surface area contributed by atoms with E-state index in [1.54, 1.807) is 19.1 Å². The minimum atomic E-state index is -3.24. The van der Waals surface area contributed by atoms with Crippen molar-refractivity contribution in [3.05, 3.63) is 27.2 Å². The predicted molar refractivity (Wildman–Crippen MR) is 76.9 cm³/mol. The summed E-state index contributed by atoms with van der Waals surface area (Å²) in [5.41, 5.74) is 6.56. The zero-order valence-corrected chi connectivity index (χ0v) is 13.4. The van der Waals surface area contributed by atoms with Crippen LogP contribution in [0.15, 0.2) is 16.6 Å². The van der Waals surface area contributed by atoms with Gasteiger partial charge in [-0.1, -0.05) is 11.6 Å². The molecule has 0 aromatic heterocycles. The Morgan fingerprint density at radius 2 is 2.00 bits per heavy atom. The highest BCUT2D eigenvalue weighted by molar-refractivity contribution is 9.10. The van der Waals surface area contributed by atoms with Crippen molar-refractivity contribution in [3.8, 4) is 5.75 Å². The Hall–Kier alpha value is -0.300. The van der Waals surface area contributed by atoms with E-state index in [-0.39, 0.29) is 0 Å². The number of rotatable bonds is 4. The topological polar surface area (TPSA) is 69.4 Å². The summed E-state index contributed by atoms with van der Waals surface area (Å²) >= 11 is 9.26. The van der Waals surface area contributed by atoms with Crippen molar-refractivity contribution in [1.82, 2.24) is 0 Å². The molecule has 1 rings (SSSR count). The molecule has 0 heterocycles. The molecule has 0 aliphatic heterocycles. The number of nitrogens with two attached hydrogens (primary N) is 1. The van der Waals surface area contributed by atoms with Crippen molar-refractivity contribution in [1.29, 1.82) is 0 Å². The molecule has 2 atom stereocenters. The maximum Gasteiger partial charge on any atom is 0.151 e. The summed E-state index contributed by atoms with van der Waals surface area (Å²) in [5.74, 6) is 0.502. The van der Waals surface area contributed by atoms with Crippen molar-refractivity contribution in [2.45, 2.75) is 18.2 Å². The molecule has 102 valence electrons. The van der Waals surface area contributed by atoms with E-state index in [1.165, 1.54) is 7.11 Å². The first-order valence-electron chi connectivity index (χ1n) is 5.16. The average molecular weight is 357 g/mol. The molecular weight excluding hydrogens is 342 g/mol. The average Bonchev–Trinajstić information content (AvgIpc) is 2.24. The molecule has 0 saturated carbocycles. The molecule has 0 aliphatic rings. The molecule has 1 aromatic carbocycles. The van der Waals surface area contributed by atoms with Gasteiger partial charge < -0.3 is 10.5 Å². The van der Waals surface area contributed by atoms with E-state index < -0.39 is 21.1 Å². The van der Waals surface area contributed by atoms with Crippen LogP contribution in [0.2, 0.25) is 5.02 Å². The van der Waals surface area contributed by atoms with Crippen LogP contribution < -0.4 is 10.5 Å². The van der Waals surface area contributed by atoms with Crippen molar-refractivity contribution in [2.24, 2.45) is 5.73 Å². The van der Waals surface area contributed by atoms with E-state index in [2.05, 4.69) is 15.9 Å². The predicted octanol–water partition coefficient (Wildman–Crippen LogP) is 2.54. The van der Waals surface area contributed by atoms with E-state index in [0.717, 1.165) is 6.26 Å². The Morgan fingerprint density at radius 1 is 1.44 bits per heavy atom. The maximum absolute atomic E-state index is 11.5. The normalized spacial score (nSPS) is 15.2. The van der Waals surface area contributed by atoms with E-state index in [4.69, 9.17) is 22.1 Å². The Kier molecular flexibility index (Phi) is 5.05. The third kappa shape index (κ3) is 3.38. The van der Waals surface area contributed by atoms with Gasteiger partial charge in [0.15, 0.2) is 9.84 Å². The van der Waals surface area contributed by atoms with Gasteiger partial charge in [0, 0.05) is 22.9 Å². The highest BCUT2D eigenvalue weighted by atomic mass is 79.9. The third-order valence-electron chi connectivity index (χ3n) is 2.78. The van der Waals surface area contributed by atoms with Crippen LogP contribution in [-0.4, -0.2) is 27.0 Å². The van der Waals surface area contributed by atoms with Crippen molar-refractivity contribution in [3.63, 3.8) is 0 Å². The number of ether oxygens (including phenoxy) is 1. The lowest BCUT2D eigenvalue weighted by Gasteiger charge is -2.21. The van der Waals surface area contributed by atoms with Crippen LogP contribution in [-0.2, 0) is 9.84 Å². The van der Waals surface area contributed by atoms with Gasteiger partial charge in [0.25, 0.3) is 0 Å². The van der Waals surface area contributed by atoms with Gasteiger partial charge in [-0.15, -0.1) is 0 Å².